The highest BCUT2D eigenvalue weighted by Gasteiger charge is 2.40. The number of amides is 2. The Morgan fingerprint density at radius 2 is 2.11 bits per heavy atom. The summed E-state index contributed by atoms with van der Waals surface area (Å²) in [4.78, 5) is 14.2. The second-order valence-corrected chi connectivity index (χ2v) is 5.83. The number of nitrogens with zero attached hydrogens (tertiary/aromatic N) is 1. The summed E-state index contributed by atoms with van der Waals surface area (Å²) in [5.74, 6) is 0.733. The van der Waals surface area contributed by atoms with Crippen LogP contribution in [0.4, 0.5) is 10.5 Å². The molecule has 3 atom stereocenters. The zero-order chi connectivity index (χ0) is 13.4. The highest BCUT2D eigenvalue weighted by atomic mass is 16.2. The minimum Gasteiger partial charge on any atom is -0.324 e. The van der Waals surface area contributed by atoms with E-state index < -0.39 is 0 Å². The molecule has 1 aliphatic carbocycles. The van der Waals surface area contributed by atoms with Crippen molar-refractivity contribution in [2.24, 2.45) is 11.7 Å². The average molecular weight is 259 g/mol. The van der Waals surface area contributed by atoms with Crippen molar-refractivity contribution in [3.63, 3.8) is 0 Å². The molecule has 2 aliphatic rings. The number of carbonyl (C=O) groups is 1. The van der Waals surface area contributed by atoms with Crippen molar-refractivity contribution in [2.75, 3.05) is 11.9 Å². The number of piperidine rings is 1. The number of hydrogen-bond donors (Lipinski definition) is 2. The number of fused-ring (bicyclic) bond motifs is 2. The number of rotatable bonds is 2. The molecule has 2 amide bonds. The number of benzene rings is 1. The van der Waals surface area contributed by atoms with Crippen molar-refractivity contribution in [1.29, 1.82) is 0 Å². The van der Waals surface area contributed by atoms with Crippen LogP contribution in [0.1, 0.15) is 37.8 Å². The van der Waals surface area contributed by atoms with Crippen molar-refractivity contribution < 1.29 is 4.79 Å². The molecule has 1 aromatic carbocycles. The van der Waals surface area contributed by atoms with Gasteiger partial charge in [0.1, 0.15) is 0 Å². The number of nitrogens with two attached hydrogens (primary N) is 1. The largest absolute Gasteiger partial charge is 0.324 e. The minimum absolute atomic E-state index is 0.0269. The molecule has 1 aliphatic heterocycles. The Bertz CT molecular complexity index is 469. The maximum absolute atomic E-state index is 12.2. The normalized spacial score (nSPS) is 26.5. The summed E-state index contributed by atoms with van der Waals surface area (Å²) < 4.78 is 0. The lowest BCUT2D eigenvalue weighted by Crippen LogP contribution is -2.40. The molecule has 2 fully saturated rings. The molecule has 4 nitrogen and oxygen atoms in total. The first-order valence-electron chi connectivity index (χ1n) is 7.06. The Morgan fingerprint density at radius 1 is 1.37 bits per heavy atom. The number of carbonyl (C=O) groups excluding carboxylic acids is 1. The molecule has 19 heavy (non-hydrogen) atoms. The average Bonchev–Trinajstić information content (AvgIpc) is 3.01. The molecule has 1 heterocycles. The molecule has 3 rings (SSSR count). The quantitative estimate of drug-likeness (QED) is 0.858. The van der Waals surface area contributed by atoms with Gasteiger partial charge >= 0.3 is 6.03 Å². The van der Waals surface area contributed by atoms with E-state index in [4.69, 9.17) is 5.73 Å². The van der Waals surface area contributed by atoms with Crippen LogP contribution < -0.4 is 11.1 Å². The van der Waals surface area contributed by atoms with E-state index >= 15 is 0 Å². The second-order valence-electron chi connectivity index (χ2n) is 5.83. The lowest BCUT2D eigenvalue weighted by Gasteiger charge is -2.27. The van der Waals surface area contributed by atoms with Crippen LogP contribution in [-0.2, 0) is 0 Å². The molecule has 1 saturated heterocycles. The predicted molar refractivity (Wildman–Crippen MR) is 75.9 cm³/mol. The van der Waals surface area contributed by atoms with E-state index in [0.717, 1.165) is 23.7 Å². The molecular weight excluding hydrogens is 238 g/mol. The highest BCUT2D eigenvalue weighted by molar-refractivity contribution is 5.89. The van der Waals surface area contributed by atoms with Gasteiger partial charge in [0.15, 0.2) is 0 Å². The number of hydrogen-bond acceptors (Lipinski definition) is 2. The van der Waals surface area contributed by atoms with Crippen LogP contribution in [0.3, 0.4) is 0 Å². The van der Waals surface area contributed by atoms with E-state index in [-0.39, 0.29) is 12.1 Å². The van der Waals surface area contributed by atoms with Crippen LogP contribution in [0, 0.1) is 5.92 Å². The molecule has 1 saturated carbocycles. The first-order valence-corrected chi connectivity index (χ1v) is 7.06. The smallest absolute Gasteiger partial charge is 0.322 e. The van der Waals surface area contributed by atoms with E-state index in [1.807, 2.05) is 36.1 Å². The van der Waals surface area contributed by atoms with Crippen molar-refractivity contribution in [2.45, 2.75) is 38.3 Å². The zero-order valence-electron chi connectivity index (χ0n) is 11.3. The summed E-state index contributed by atoms with van der Waals surface area (Å²) in [5, 5.41) is 2.98. The Balaban J connectivity index is 1.63. The first-order chi connectivity index (χ1) is 9.13. The van der Waals surface area contributed by atoms with Gasteiger partial charge in [-0.3, -0.25) is 0 Å². The fraction of sp³-hybridized carbons (Fsp3) is 0.533. The van der Waals surface area contributed by atoms with E-state index in [1.54, 1.807) is 0 Å². The SMILES string of the molecule is CC(N)c1ccc(NC(=O)N2CC3CCC2C3)cc1. The fourth-order valence-electron chi connectivity index (χ4n) is 3.24. The molecule has 0 aromatic heterocycles. The minimum atomic E-state index is 0.0269. The van der Waals surface area contributed by atoms with Gasteiger partial charge in [-0.1, -0.05) is 12.1 Å². The van der Waals surface area contributed by atoms with E-state index in [2.05, 4.69) is 5.32 Å². The Labute approximate surface area is 114 Å². The Kier molecular flexibility index (Phi) is 3.19. The summed E-state index contributed by atoms with van der Waals surface area (Å²) in [6.07, 6.45) is 3.65. The standard InChI is InChI=1S/C15H21N3O/c1-10(16)12-3-5-13(6-4-12)17-15(19)18-9-11-2-7-14(18)8-11/h3-6,10-11,14H,2,7-9,16H2,1H3,(H,17,19). The third kappa shape index (κ3) is 2.45. The second kappa shape index (κ2) is 4.85. The van der Waals surface area contributed by atoms with Crippen LogP contribution in [-0.4, -0.2) is 23.5 Å². The number of nitrogens with one attached hydrogen (secondary N) is 1. The van der Waals surface area contributed by atoms with Gasteiger partial charge < -0.3 is 16.0 Å². The van der Waals surface area contributed by atoms with Crippen molar-refractivity contribution >= 4 is 11.7 Å². The van der Waals surface area contributed by atoms with Gasteiger partial charge in [-0.2, -0.15) is 0 Å². The van der Waals surface area contributed by atoms with Crippen LogP contribution in [0.2, 0.25) is 0 Å². The third-order valence-electron chi connectivity index (χ3n) is 4.36. The summed E-state index contributed by atoms with van der Waals surface area (Å²) in [5.41, 5.74) is 7.74. The fourth-order valence-corrected chi connectivity index (χ4v) is 3.24. The van der Waals surface area contributed by atoms with Crippen molar-refractivity contribution in [1.82, 2.24) is 4.90 Å². The van der Waals surface area contributed by atoms with Gasteiger partial charge in [0.25, 0.3) is 0 Å². The van der Waals surface area contributed by atoms with Crippen molar-refractivity contribution in [3.05, 3.63) is 29.8 Å². The number of likely N-dealkylation sites (tertiary alicyclic amines) is 1. The van der Waals surface area contributed by atoms with E-state index in [9.17, 15) is 4.79 Å². The molecule has 102 valence electrons. The molecule has 4 heteroatoms. The molecule has 1 aromatic rings. The molecule has 0 spiro atoms. The predicted octanol–water partition coefficient (Wildman–Crippen LogP) is 2.72. The third-order valence-corrected chi connectivity index (χ3v) is 4.36. The summed E-state index contributed by atoms with van der Waals surface area (Å²) in [6.45, 7) is 2.88. The summed E-state index contributed by atoms with van der Waals surface area (Å²) >= 11 is 0. The number of anilines is 1. The monoisotopic (exact) mass is 259 g/mol. The van der Waals surface area contributed by atoms with Crippen LogP contribution in [0.25, 0.3) is 0 Å². The van der Waals surface area contributed by atoms with Crippen LogP contribution in [0.5, 0.6) is 0 Å². The summed E-state index contributed by atoms with van der Waals surface area (Å²) in [6, 6.07) is 8.32. The van der Waals surface area contributed by atoms with Crippen molar-refractivity contribution in [3.8, 4) is 0 Å². The topological polar surface area (TPSA) is 58.4 Å². The van der Waals surface area contributed by atoms with Crippen LogP contribution >= 0.6 is 0 Å². The molecule has 2 bridgehead atoms. The Morgan fingerprint density at radius 3 is 2.63 bits per heavy atom. The van der Waals surface area contributed by atoms with Crippen LogP contribution in [0.15, 0.2) is 24.3 Å². The maximum Gasteiger partial charge on any atom is 0.322 e. The zero-order valence-corrected chi connectivity index (χ0v) is 11.3. The van der Waals surface area contributed by atoms with Gasteiger partial charge in [-0.05, 0) is 49.8 Å². The highest BCUT2D eigenvalue weighted by Crippen LogP contribution is 2.37. The van der Waals surface area contributed by atoms with Gasteiger partial charge in [-0.15, -0.1) is 0 Å². The van der Waals surface area contributed by atoms with Gasteiger partial charge in [0.05, 0.1) is 0 Å². The summed E-state index contributed by atoms with van der Waals surface area (Å²) in [7, 11) is 0. The Hall–Kier alpha value is -1.55. The lowest BCUT2D eigenvalue weighted by molar-refractivity contribution is 0.194. The van der Waals surface area contributed by atoms with Gasteiger partial charge in [-0.25, -0.2) is 4.79 Å². The number of urea groups is 1. The molecule has 3 unspecified atom stereocenters. The molecular formula is C15H21N3O. The molecule has 3 N–H and O–H groups in total. The van der Waals surface area contributed by atoms with Gasteiger partial charge in [0.2, 0.25) is 0 Å². The lowest BCUT2D eigenvalue weighted by atomic mass is 10.1. The van der Waals surface area contributed by atoms with E-state index in [1.165, 1.54) is 19.3 Å². The van der Waals surface area contributed by atoms with E-state index in [0.29, 0.717) is 6.04 Å². The maximum atomic E-state index is 12.2. The molecule has 0 radical (unpaired) electrons. The van der Waals surface area contributed by atoms with Gasteiger partial charge in [0, 0.05) is 24.3 Å². The first kappa shape index (κ1) is 12.5.